The number of carbonyl (C=O) groups is 4. The first-order chi connectivity index (χ1) is 16.8. The van der Waals surface area contributed by atoms with Crippen LogP contribution in [0.1, 0.15) is 32.3 Å². The lowest BCUT2D eigenvalue weighted by Gasteiger charge is -2.43. The number of hydrogen-bond acceptors (Lipinski definition) is 6. The second kappa shape index (κ2) is 7.63. The number of nitrogens with zero attached hydrogens (tertiary/aromatic N) is 1. The smallest absolute Gasteiger partial charge is 0.233 e. The molecule has 0 radical (unpaired) electrons. The molecule has 35 heavy (non-hydrogen) atoms. The van der Waals surface area contributed by atoms with Crippen LogP contribution in [0.25, 0.3) is 0 Å². The Bertz CT molecular complexity index is 1360. The Kier molecular flexibility index (Phi) is 4.75. The lowest BCUT2D eigenvalue weighted by molar-refractivity contribution is -0.139. The van der Waals surface area contributed by atoms with E-state index >= 15 is 0 Å². The fourth-order valence-corrected chi connectivity index (χ4v) is 6.55. The van der Waals surface area contributed by atoms with Crippen LogP contribution < -0.4 is 4.74 Å². The molecular weight excluding hydrogens is 446 g/mol. The monoisotopic (exact) mass is 471 g/mol. The summed E-state index contributed by atoms with van der Waals surface area (Å²) in [6, 6.07) is 4.89. The van der Waals surface area contributed by atoms with Gasteiger partial charge in [0.1, 0.15) is 11.5 Å². The van der Waals surface area contributed by atoms with Gasteiger partial charge in [-0.2, -0.15) is 0 Å². The molecule has 3 aliphatic carbocycles. The molecule has 0 spiro atoms. The van der Waals surface area contributed by atoms with Gasteiger partial charge in [-0.3, -0.25) is 24.1 Å². The van der Waals surface area contributed by atoms with E-state index in [1.54, 1.807) is 38.3 Å². The van der Waals surface area contributed by atoms with Crippen molar-refractivity contribution in [2.75, 3.05) is 6.54 Å². The molecule has 178 valence electrons. The molecule has 0 unspecified atom stereocenters. The number of imide groups is 1. The highest BCUT2D eigenvalue weighted by molar-refractivity contribution is 6.23. The summed E-state index contributed by atoms with van der Waals surface area (Å²) >= 11 is 0. The predicted octanol–water partition coefficient (Wildman–Crippen LogP) is 3.19. The minimum absolute atomic E-state index is 0.118. The van der Waals surface area contributed by atoms with Gasteiger partial charge in [0.15, 0.2) is 11.6 Å². The Morgan fingerprint density at radius 1 is 1.11 bits per heavy atom. The summed E-state index contributed by atoms with van der Waals surface area (Å²) in [4.78, 5) is 54.1. The fourth-order valence-electron chi connectivity index (χ4n) is 6.55. The molecule has 7 nitrogen and oxygen atoms in total. The zero-order valence-electron chi connectivity index (χ0n) is 19.5. The number of likely N-dealkylation sites (tertiary alicyclic amines) is 1. The Labute approximate surface area is 202 Å². The molecule has 5 aliphatic rings. The Balaban J connectivity index is 1.49. The molecule has 1 saturated heterocycles. The van der Waals surface area contributed by atoms with Crippen LogP contribution in [0.2, 0.25) is 0 Å². The number of Topliss-reactive ketones (excluding diaryl/α,β-unsaturated/α-hetero) is 1. The second-order valence-electron chi connectivity index (χ2n) is 9.93. The third-order valence-electron chi connectivity index (χ3n) is 8.12. The number of ketones is 2. The summed E-state index contributed by atoms with van der Waals surface area (Å²) in [5.41, 5.74) is 3.78. The molecule has 1 aromatic rings. The van der Waals surface area contributed by atoms with Crippen molar-refractivity contribution in [3.63, 3.8) is 0 Å². The zero-order valence-corrected chi connectivity index (χ0v) is 19.5. The van der Waals surface area contributed by atoms with Crippen LogP contribution in [0.4, 0.5) is 0 Å². The molecular formula is C28H25NO6. The van der Waals surface area contributed by atoms with Crippen molar-refractivity contribution >= 4 is 23.4 Å². The Morgan fingerprint density at radius 2 is 1.91 bits per heavy atom. The average molecular weight is 472 g/mol. The molecule has 1 aromatic carbocycles. The third kappa shape index (κ3) is 3.03. The molecule has 2 amide bonds. The van der Waals surface area contributed by atoms with Crippen molar-refractivity contribution in [2.24, 2.45) is 23.7 Å². The maximum Gasteiger partial charge on any atom is 0.233 e. The van der Waals surface area contributed by atoms with Crippen molar-refractivity contribution in [2.45, 2.75) is 33.1 Å². The van der Waals surface area contributed by atoms with Gasteiger partial charge in [-0.15, -0.1) is 0 Å². The van der Waals surface area contributed by atoms with Gasteiger partial charge in [-0.1, -0.05) is 11.6 Å². The topological polar surface area (TPSA) is 101 Å². The molecule has 1 fully saturated rings. The normalized spacial score (nSPS) is 29.5. The van der Waals surface area contributed by atoms with Gasteiger partial charge in [-0.05, 0) is 62.5 Å². The predicted molar refractivity (Wildman–Crippen MR) is 125 cm³/mol. The number of amides is 2. The van der Waals surface area contributed by atoms with Gasteiger partial charge in [-0.25, -0.2) is 0 Å². The third-order valence-corrected chi connectivity index (χ3v) is 8.12. The average Bonchev–Trinajstić information content (AvgIpc) is 3.10. The molecule has 7 heteroatoms. The number of hydrogen-bond donors (Lipinski definition) is 1. The summed E-state index contributed by atoms with van der Waals surface area (Å²) in [6.45, 7) is 3.76. The maximum atomic E-state index is 13.4. The SMILES string of the molecule is CCN1C(=O)[C@H]2[C@H](CC=C3[C@H](C4=COc5ccc(O)cc5C4)C4=C(C[C@H]32)C(=O)C=C(C)C4=O)C1=O. The van der Waals surface area contributed by atoms with E-state index in [9.17, 15) is 24.3 Å². The van der Waals surface area contributed by atoms with E-state index in [1.807, 2.05) is 6.08 Å². The summed E-state index contributed by atoms with van der Waals surface area (Å²) in [7, 11) is 0. The van der Waals surface area contributed by atoms with Crippen LogP contribution in [0.5, 0.6) is 11.5 Å². The summed E-state index contributed by atoms with van der Waals surface area (Å²) in [5, 5.41) is 10.0. The maximum absolute atomic E-state index is 13.4. The zero-order chi connectivity index (χ0) is 24.6. The summed E-state index contributed by atoms with van der Waals surface area (Å²) in [6.07, 6.45) is 6.16. The van der Waals surface area contributed by atoms with Crippen molar-refractivity contribution in [3.8, 4) is 11.5 Å². The summed E-state index contributed by atoms with van der Waals surface area (Å²) in [5.74, 6) is -1.78. The molecule has 1 N–H and O–H groups in total. The van der Waals surface area contributed by atoms with Gasteiger partial charge < -0.3 is 9.84 Å². The van der Waals surface area contributed by atoms with E-state index in [0.717, 1.165) is 16.7 Å². The van der Waals surface area contributed by atoms with Crippen molar-refractivity contribution < 1.29 is 29.0 Å². The van der Waals surface area contributed by atoms with Crippen molar-refractivity contribution in [1.29, 1.82) is 0 Å². The number of allylic oxidation sites excluding steroid dienone is 7. The molecule has 4 atom stereocenters. The van der Waals surface area contributed by atoms with Gasteiger partial charge in [0.25, 0.3) is 0 Å². The van der Waals surface area contributed by atoms with E-state index in [-0.39, 0.29) is 41.5 Å². The van der Waals surface area contributed by atoms with Gasteiger partial charge in [0, 0.05) is 41.2 Å². The fraction of sp³-hybridized carbons (Fsp3) is 0.357. The van der Waals surface area contributed by atoms with Gasteiger partial charge in [0.2, 0.25) is 11.8 Å². The van der Waals surface area contributed by atoms with Crippen molar-refractivity contribution in [3.05, 3.63) is 70.0 Å². The first kappa shape index (κ1) is 21.8. The largest absolute Gasteiger partial charge is 0.508 e. The number of phenols is 1. The van der Waals surface area contributed by atoms with E-state index in [1.165, 1.54) is 11.0 Å². The Hall–Kier alpha value is -3.74. The van der Waals surface area contributed by atoms with Crippen LogP contribution >= 0.6 is 0 Å². The molecule has 0 bridgehead atoms. The molecule has 2 aliphatic heterocycles. The highest BCUT2D eigenvalue weighted by atomic mass is 16.5. The first-order valence-electron chi connectivity index (χ1n) is 12.0. The number of aromatic hydroxyl groups is 1. The second-order valence-corrected chi connectivity index (χ2v) is 9.93. The first-order valence-corrected chi connectivity index (χ1v) is 12.0. The van der Waals surface area contributed by atoms with Gasteiger partial charge >= 0.3 is 0 Å². The van der Waals surface area contributed by atoms with Crippen LogP contribution in [-0.2, 0) is 25.6 Å². The van der Waals surface area contributed by atoms with Crippen LogP contribution in [0.3, 0.4) is 0 Å². The standard InChI is InChI=1S/C28H25NO6/c1-3-29-27(33)18-6-5-17-19(24(18)28(29)34)11-20-21(31)8-13(2)26(32)25(20)23(17)15-9-14-10-16(30)4-7-22(14)35-12-15/h4-5,7-8,10,12,18-19,23-24,30H,3,6,9,11H2,1-2H3/t18-,19+,23-,24-/m0/s1. The molecule has 6 rings (SSSR count). The number of fused-ring (bicyclic) bond motifs is 4. The molecule has 0 saturated carbocycles. The van der Waals surface area contributed by atoms with E-state index < -0.39 is 17.8 Å². The number of ether oxygens (including phenoxy) is 1. The van der Waals surface area contributed by atoms with E-state index in [2.05, 4.69) is 0 Å². The number of phenolic OH excluding ortho intramolecular Hbond substituents is 1. The van der Waals surface area contributed by atoms with E-state index in [4.69, 9.17) is 4.74 Å². The Morgan fingerprint density at radius 3 is 2.69 bits per heavy atom. The minimum atomic E-state index is -0.532. The van der Waals surface area contributed by atoms with Crippen LogP contribution in [-0.4, -0.2) is 39.9 Å². The lowest BCUT2D eigenvalue weighted by atomic mass is 9.58. The van der Waals surface area contributed by atoms with Crippen molar-refractivity contribution in [1.82, 2.24) is 4.90 Å². The van der Waals surface area contributed by atoms with Crippen LogP contribution in [0.15, 0.2) is 64.5 Å². The van der Waals surface area contributed by atoms with Crippen LogP contribution in [0, 0.1) is 23.7 Å². The highest BCUT2D eigenvalue weighted by Gasteiger charge is 2.56. The molecule has 2 heterocycles. The lowest BCUT2D eigenvalue weighted by Crippen LogP contribution is -2.41. The number of rotatable bonds is 2. The van der Waals surface area contributed by atoms with Gasteiger partial charge in [0.05, 0.1) is 18.1 Å². The van der Waals surface area contributed by atoms with E-state index in [0.29, 0.717) is 41.9 Å². The molecule has 0 aromatic heterocycles. The minimum Gasteiger partial charge on any atom is -0.508 e. The highest BCUT2D eigenvalue weighted by Crippen LogP contribution is 2.54. The number of benzene rings is 1. The quantitative estimate of drug-likeness (QED) is 0.404. The number of carbonyl (C=O) groups excluding carboxylic acids is 4. The summed E-state index contributed by atoms with van der Waals surface area (Å²) < 4.78 is 5.89.